The lowest BCUT2D eigenvalue weighted by atomic mass is 9.88. The highest BCUT2D eigenvalue weighted by Gasteiger charge is 2.49. The van der Waals surface area contributed by atoms with E-state index >= 15 is 0 Å². The lowest BCUT2D eigenvalue weighted by molar-refractivity contribution is -0.187. The minimum absolute atomic E-state index is 0.335. The summed E-state index contributed by atoms with van der Waals surface area (Å²) in [4.78, 5) is 44.8. The molecule has 1 saturated heterocycles. The number of nitrogens with one attached hydrogen (secondary N) is 1. The van der Waals surface area contributed by atoms with Crippen molar-refractivity contribution >= 4 is 29.8 Å². The van der Waals surface area contributed by atoms with E-state index in [2.05, 4.69) is 0 Å². The number of aliphatic carboxylic acids is 3. The van der Waals surface area contributed by atoms with Gasteiger partial charge in [-0.15, -0.1) is 0 Å². The van der Waals surface area contributed by atoms with Crippen LogP contribution in [0, 0.1) is 5.41 Å². The van der Waals surface area contributed by atoms with E-state index in [1.54, 1.807) is 0 Å². The molecule has 17 heteroatoms. The van der Waals surface area contributed by atoms with E-state index in [4.69, 9.17) is 31.6 Å². The molecule has 1 aliphatic rings. The Morgan fingerprint density at radius 2 is 1.29 bits per heavy atom. The second kappa shape index (κ2) is 13.0. The topological polar surface area (TPSA) is 307 Å². The first-order chi connectivity index (χ1) is 15.5. The standard InChI is InChI=1S/C11H22N4O6.C6H8O7/c1-14(11(12)13)2-7(18)15-5(3-16)8(19)10(21)9(20)6(15)4-17;7-3(8)1-6(13,5(11)12)2-4(9)10/h5-6,8-10,16-17,19-21H,2-4H2,1H3,(H3,12,13);13H,1-2H2,(H,7,8)(H,9,10)(H,11,12)/t5-,6-,8-,9+,10?;/m1./s1. The Bertz CT molecular complexity index is 730. The van der Waals surface area contributed by atoms with Gasteiger partial charge in [0.05, 0.1) is 44.7 Å². The number of rotatable bonds is 9. The summed E-state index contributed by atoms with van der Waals surface area (Å²) in [5.41, 5.74) is 2.49. The number of likely N-dealkylation sites (N-methyl/N-ethyl adjacent to an activating group) is 1. The van der Waals surface area contributed by atoms with Gasteiger partial charge in [-0.2, -0.15) is 0 Å². The molecule has 1 fully saturated rings. The average molecular weight is 498 g/mol. The number of guanidine groups is 1. The number of aliphatic hydroxyl groups is 6. The van der Waals surface area contributed by atoms with Crippen LogP contribution >= 0.6 is 0 Å². The molecule has 1 unspecified atom stereocenters. The van der Waals surface area contributed by atoms with E-state index < -0.39 is 85.9 Å². The summed E-state index contributed by atoms with van der Waals surface area (Å²) in [6.07, 6.45) is -6.99. The smallest absolute Gasteiger partial charge is 0.336 e. The Morgan fingerprint density at radius 1 is 0.912 bits per heavy atom. The molecule has 1 amide bonds. The zero-order chi connectivity index (χ0) is 27.0. The van der Waals surface area contributed by atoms with Gasteiger partial charge in [0.1, 0.15) is 18.3 Å². The molecule has 1 aliphatic heterocycles. The van der Waals surface area contributed by atoms with E-state index in [0.717, 1.165) is 9.80 Å². The quantitative estimate of drug-likeness (QED) is 0.104. The molecule has 0 spiro atoms. The van der Waals surface area contributed by atoms with Crippen LogP contribution in [0.4, 0.5) is 0 Å². The molecule has 0 aromatic heterocycles. The first kappa shape index (κ1) is 30.9. The van der Waals surface area contributed by atoms with Crippen LogP contribution in [0.3, 0.4) is 0 Å². The first-order valence-electron chi connectivity index (χ1n) is 9.55. The highest BCUT2D eigenvalue weighted by atomic mass is 16.4. The van der Waals surface area contributed by atoms with Crippen LogP contribution in [-0.2, 0) is 19.2 Å². The molecule has 0 saturated carbocycles. The molecule has 17 nitrogen and oxygen atoms in total. The Labute approximate surface area is 192 Å². The SMILES string of the molecule is CN(CC(=O)N1[C@H](CO)[C@H](O)C(O)[C@H](O)[C@H]1CO)C(=N)N.O=C(O)CC(O)(CC(=O)O)C(=O)O. The molecule has 1 heterocycles. The van der Waals surface area contributed by atoms with Crippen molar-refractivity contribution < 1.29 is 65.1 Å². The molecule has 0 aromatic carbocycles. The van der Waals surface area contributed by atoms with Gasteiger partial charge in [-0.3, -0.25) is 19.8 Å². The van der Waals surface area contributed by atoms with Crippen molar-refractivity contribution in [3.63, 3.8) is 0 Å². The normalized spacial score (nSPS) is 24.4. The Morgan fingerprint density at radius 3 is 1.56 bits per heavy atom. The van der Waals surface area contributed by atoms with Crippen LogP contribution in [-0.4, -0.2) is 148 Å². The number of carboxylic acid groups (broad SMARTS) is 3. The van der Waals surface area contributed by atoms with Gasteiger partial charge in [-0.05, 0) is 0 Å². The first-order valence-corrected chi connectivity index (χ1v) is 9.55. The molecule has 5 atom stereocenters. The highest BCUT2D eigenvalue weighted by Crippen LogP contribution is 2.25. The molecule has 12 N–H and O–H groups in total. The summed E-state index contributed by atoms with van der Waals surface area (Å²) in [7, 11) is 1.40. The van der Waals surface area contributed by atoms with Gasteiger partial charge in [0.2, 0.25) is 5.91 Å². The fourth-order valence-corrected chi connectivity index (χ4v) is 3.08. The maximum absolute atomic E-state index is 12.3. The number of carbonyl (C=O) groups excluding carboxylic acids is 1. The van der Waals surface area contributed by atoms with Crippen LogP contribution in [0.1, 0.15) is 12.8 Å². The molecular formula is C17H30N4O13. The zero-order valence-electron chi connectivity index (χ0n) is 18.1. The Hall–Kier alpha value is -3.09. The number of amides is 1. The van der Waals surface area contributed by atoms with E-state index in [0.29, 0.717) is 0 Å². The number of hydrogen-bond donors (Lipinski definition) is 11. The number of likely N-dealkylation sites (tertiary alicyclic amines) is 1. The number of aliphatic hydroxyl groups excluding tert-OH is 5. The fourth-order valence-electron chi connectivity index (χ4n) is 3.08. The molecule has 34 heavy (non-hydrogen) atoms. The molecular weight excluding hydrogens is 468 g/mol. The number of hydrogen-bond acceptors (Lipinski definition) is 11. The summed E-state index contributed by atoms with van der Waals surface area (Å²) in [5, 5.41) is 89.1. The van der Waals surface area contributed by atoms with Crippen molar-refractivity contribution in [1.82, 2.24) is 9.80 Å². The lowest BCUT2D eigenvalue weighted by Crippen LogP contribution is -2.70. The monoisotopic (exact) mass is 498 g/mol. The molecule has 0 radical (unpaired) electrons. The highest BCUT2D eigenvalue weighted by molar-refractivity contribution is 5.88. The van der Waals surface area contributed by atoms with Crippen LogP contribution in [0.15, 0.2) is 0 Å². The van der Waals surface area contributed by atoms with Crippen molar-refractivity contribution in [1.29, 1.82) is 5.41 Å². The molecule has 0 aromatic rings. The fraction of sp³-hybridized carbons (Fsp3) is 0.706. The van der Waals surface area contributed by atoms with E-state index in [-0.39, 0.29) is 12.5 Å². The Balaban J connectivity index is 0.000000722. The van der Waals surface area contributed by atoms with Crippen LogP contribution in [0.2, 0.25) is 0 Å². The molecule has 1 rings (SSSR count). The van der Waals surface area contributed by atoms with Crippen LogP contribution in [0.25, 0.3) is 0 Å². The van der Waals surface area contributed by atoms with Crippen molar-refractivity contribution in [2.24, 2.45) is 5.73 Å². The van der Waals surface area contributed by atoms with Crippen molar-refractivity contribution in [2.45, 2.75) is 48.8 Å². The summed E-state index contributed by atoms with van der Waals surface area (Å²) in [5.74, 6) is -6.03. The minimum atomic E-state index is -2.74. The zero-order valence-corrected chi connectivity index (χ0v) is 18.1. The summed E-state index contributed by atoms with van der Waals surface area (Å²) >= 11 is 0. The second-order valence-electron chi connectivity index (χ2n) is 7.49. The number of nitrogens with zero attached hydrogens (tertiary/aromatic N) is 2. The predicted molar refractivity (Wildman–Crippen MR) is 108 cm³/mol. The van der Waals surface area contributed by atoms with Gasteiger partial charge in [-0.1, -0.05) is 0 Å². The number of carbonyl (C=O) groups is 4. The summed E-state index contributed by atoms with van der Waals surface area (Å²) in [6, 6.07) is -2.35. The number of piperidine rings is 1. The van der Waals surface area contributed by atoms with Gasteiger partial charge in [-0.25, -0.2) is 4.79 Å². The third kappa shape index (κ3) is 8.04. The van der Waals surface area contributed by atoms with Crippen LogP contribution < -0.4 is 5.73 Å². The predicted octanol–water partition coefficient (Wildman–Crippen LogP) is -5.79. The van der Waals surface area contributed by atoms with Gasteiger partial charge < -0.3 is 61.5 Å². The molecule has 0 aliphatic carbocycles. The summed E-state index contributed by atoms with van der Waals surface area (Å²) in [6.45, 7) is -1.65. The third-order valence-electron chi connectivity index (χ3n) is 4.93. The van der Waals surface area contributed by atoms with Gasteiger partial charge in [0.25, 0.3) is 0 Å². The van der Waals surface area contributed by atoms with Crippen molar-refractivity contribution in [3.8, 4) is 0 Å². The van der Waals surface area contributed by atoms with Crippen molar-refractivity contribution in [3.05, 3.63) is 0 Å². The molecule has 196 valence electrons. The van der Waals surface area contributed by atoms with E-state index in [9.17, 15) is 44.7 Å². The Kier molecular flexibility index (Phi) is 11.8. The third-order valence-corrected chi connectivity index (χ3v) is 4.93. The largest absolute Gasteiger partial charge is 0.481 e. The van der Waals surface area contributed by atoms with E-state index in [1.165, 1.54) is 7.05 Å². The van der Waals surface area contributed by atoms with Gasteiger partial charge >= 0.3 is 17.9 Å². The average Bonchev–Trinajstić information content (AvgIpc) is 2.70. The second-order valence-corrected chi connectivity index (χ2v) is 7.49. The van der Waals surface area contributed by atoms with Gasteiger partial charge in [0, 0.05) is 7.05 Å². The lowest BCUT2D eigenvalue weighted by Gasteiger charge is -2.48. The van der Waals surface area contributed by atoms with Gasteiger partial charge in [0.15, 0.2) is 11.6 Å². The molecule has 0 bridgehead atoms. The van der Waals surface area contributed by atoms with Crippen LogP contribution in [0.5, 0.6) is 0 Å². The maximum Gasteiger partial charge on any atom is 0.336 e. The summed E-state index contributed by atoms with van der Waals surface area (Å²) < 4.78 is 0. The van der Waals surface area contributed by atoms with Crippen molar-refractivity contribution in [2.75, 3.05) is 26.8 Å². The number of nitrogens with two attached hydrogens (primary N) is 1. The minimum Gasteiger partial charge on any atom is -0.481 e. The van der Waals surface area contributed by atoms with E-state index in [1.807, 2.05) is 0 Å². The maximum atomic E-state index is 12.3. The number of carboxylic acids is 3.